The molecular formula is C23H27N3O2. The lowest BCUT2D eigenvalue weighted by Crippen LogP contribution is -2.48. The molecule has 0 saturated carbocycles. The summed E-state index contributed by atoms with van der Waals surface area (Å²) in [4.78, 5) is 20.4. The quantitative estimate of drug-likeness (QED) is 0.716. The fourth-order valence-electron chi connectivity index (χ4n) is 3.97. The highest BCUT2D eigenvalue weighted by Gasteiger charge is 2.21. The summed E-state index contributed by atoms with van der Waals surface area (Å²) < 4.78 is 5.38. The van der Waals surface area contributed by atoms with E-state index < -0.39 is 0 Å². The number of carbonyl (C=O) groups excluding carboxylic acids is 1. The van der Waals surface area contributed by atoms with Crippen molar-refractivity contribution in [3.8, 4) is 5.75 Å². The van der Waals surface area contributed by atoms with Gasteiger partial charge >= 0.3 is 0 Å². The Morgan fingerprint density at radius 3 is 2.57 bits per heavy atom. The third kappa shape index (κ3) is 4.04. The number of H-pyrrole nitrogens is 1. The number of piperazine rings is 1. The predicted molar refractivity (Wildman–Crippen MR) is 111 cm³/mol. The van der Waals surface area contributed by atoms with Crippen LogP contribution in [0.15, 0.2) is 54.7 Å². The number of carbonyl (C=O) groups is 1. The Labute approximate surface area is 165 Å². The van der Waals surface area contributed by atoms with Gasteiger partial charge in [-0.25, -0.2) is 0 Å². The molecule has 2 aromatic carbocycles. The van der Waals surface area contributed by atoms with Crippen LogP contribution in [0.5, 0.6) is 5.75 Å². The molecule has 1 saturated heterocycles. The third-order valence-electron chi connectivity index (χ3n) is 5.59. The van der Waals surface area contributed by atoms with E-state index in [1.54, 1.807) is 7.11 Å². The fraction of sp³-hybridized carbons (Fsp3) is 0.348. The lowest BCUT2D eigenvalue weighted by molar-refractivity contribution is -0.133. The third-order valence-corrected chi connectivity index (χ3v) is 5.59. The Hall–Kier alpha value is -2.79. The van der Waals surface area contributed by atoms with Crippen molar-refractivity contribution in [1.29, 1.82) is 0 Å². The van der Waals surface area contributed by atoms with Gasteiger partial charge in [0.25, 0.3) is 0 Å². The Morgan fingerprint density at radius 2 is 1.75 bits per heavy atom. The number of methoxy groups -OCH3 is 1. The zero-order valence-corrected chi connectivity index (χ0v) is 16.4. The van der Waals surface area contributed by atoms with Crippen LogP contribution in [0.4, 0.5) is 0 Å². The molecule has 0 unspecified atom stereocenters. The Morgan fingerprint density at radius 1 is 1.00 bits per heavy atom. The molecule has 5 heteroatoms. The molecule has 5 nitrogen and oxygen atoms in total. The van der Waals surface area contributed by atoms with Gasteiger partial charge in [-0.2, -0.15) is 0 Å². The molecule has 0 radical (unpaired) electrons. The fourth-order valence-corrected chi connectivity index (χ4v) is 3.97. The molecule has 1 aliphatic heterocycles. The molecular weight excluding hydrogens is 350 g/mol. The van der Waals surface area contributed by atoms with Crippen LogP contribution >= 0.6 is 0 Å². The van der Waals surface area contributed by atoms with Gasteiger partial charge in [-0.1, -0.05) is 36.4 Å². The lowest BCUT2D eigenvalue weighted by atomic mass is 10.1. The molecule has 1 fully saturated rings. The molecule has 28 heavy (non-hydrogen) atoms. The van der Waals surface area contributed by atoms with Crippen molar-refractivity contribution >= 4 is 16.8 Å². The topological polar surface area (TPSA) is 48.6 Å². The van der Waals surface area contributed by atoms with Crippen molar-refractivity contribution in [3.05, 3.63) is 65.9 Å². The van der Waals surface area contributed by atoms with E-state index in [1.165, 1.54) is 16.5 Å². The molecule has 1 amide bonds. The summed E-state index contributed by atoms with van der Waals surface area (Å²) in [6.07, 6.45) is 3.36. The molecule has 146 valence electrons. The Balaban J connectivity index is 1.28. The summed E-state index contributed by atoms with van der Waals surface area (Å²) in [5.41, 5.74) is 3.60. The van der Waals surface area contributed by atoms with E-state index in [0.717, 1.165) is 50.5 Å². The van der Waals surface area contributed by atoms with Gasteiger partial charge in [0.1, 0.15) is 5.75 Å². The minimum absolute atomic E-state index is 0.234. The highest BCUT2D eigenvalue weighted by molar-refractivity contribution is 5.83. The first-order valence-corrected chi connectivity index (χ1v) is 9.91. The van der Waals surface area contributed by atoms with Crippen LogP contribution < -0.4 is 4.74 Å². The van der Waals surface area contributed by atoms with Crippen LogP contribution in [0.25, 0.3) is 10.9 Å². The Kier molecular flexibility index (Phi) is 5.63. The number of ether oxygens (including phenoxy) is 1. The van der Waals surface area contributed by atoms with E-state index in [9.17, 15) is 4.79 Å². The van der Waals surface area contributed by atoms with Crippen molar-refractivity contribution in [2.45, 2.75) is 19.4 Å². The number of aromatic amines is 1. The Bertz CT molecular complexity index is 942. The van der Waals surface area contributed by atoms with Crippen molar-refractivity contribution in [2.75, 3.05) is 33.3 Å². The van der Waals surface area contributed by atoms with Crippen LogP contribution in [-0.4, -0.2) is 54.0 Å². The van der Waals surface area contributed by atoms with Crippen molar-refractivity contribution < 1.29 is 9.53 Å². The monoisotopic (exact) mass is 377 g/mol. The van der Waals surface area contributed by atoms with Crippen molar-refractivity contribution in [1.82, 2.24) is 14.8 Å². The molecule has 0 bridgehead atoms. The van der Waals surface area contributed by atoms with E-state index in [1.807, 2.05) is 29.2 Å². The standard InChI is InChI=1S/C23H27N3O2/c1-28-22-9-5-2-6-18(22)10-11-23(27)26-14-12-25(13-15-26)17-19-16-24-21-8-4-3-7-20(19)21/h2-9,16,24H,10-15,17H2,1H3. The van der Waals surface area contributed by atoms with Crippen LogP contribution in [0.2, 0.25) is 0 Å². The summed E-state index contributed by atoms with van der Waals surface area (Å²) in [7, 11) is 1.67. The van der Waals surface area contributed by atoms with Gasteiger partial charge in [-0.15, -0.1) is 0 Å². The summed E-state index contributed by atoms with van der Waals surface area (Å²) in [6, 6.07) is 16.3. The number of nitrogens with zero attached hydrogens (tertiary/aromatic N) is 2. The second-order valence-electron chi connectivity index (χ2n) is 7.33. The van der Waals surface area contributed by atoms with Gasteiger partial charge in [-0.05, 0) is 29.7 Å². The lowest BCUT2D eigenvalue weighted by Gasteiger charge is -2.34. The minimum Gasteiger partial charge on any atom is -0.496 e. The summed E-state index contributed by atoms with van der Waals surface area (Å²) >= 11 is 0. The van der Waals surface area contributed by atoms with Crippen LogP contribution in [0.1, 0.15) is 17.5 Å². The van der Waals surface area contributed by atoms with Crippen LogP contribution in [0.3, 0.4) is 0 Å². The molecule has 2 heterocycles. The zero-order chi connectivity index (χ0) is 19.3. The first-order valence-electron chi connectivity index (χ1n) is 9.91. The number of para-hydroxylation sites is 2. The first-order chi connectivity index (χ1) is 13.7. The maximum Gasteiger partial charge on any atom is 0.222 e. The van der Waals surface area contributed by atoms with Gasteiger partial charge in [0.15, 0.2) is 0 Å². The second kappa shape index (κ2) is 8.48. The number of amides is 1. The molecule has 0 atom stereocenters. The van der Waals surface area contributed by atoms with E-state index in [0.29, 0.717) is 6.42 Å². The average molecular weight is 377 g/mol. The van der Waals surface area contributed by atoms with Gasteiger partial charge in [0.05, 0.1) is 7.11 Å². The van der Waals surface area contributed by atoms with Crippen molar-refractivity contribution in [3.63, 3.8) is 0 Å². The van der Waals surface area contributed by atoms with E-state index >= 15 is 0 Å². The molecule has 4 rings (SSSR count). The number of hydrogen-bond acceptors (Lipinski definition) is 3. The number of nitrogens with one attached hydrogen (secondary N) is 1. The predicted octanol–water partition coefficient (Wildman–Crippen LogP) is 3.45. The summed E-state index contributed by atoms with van der Waals surface area (Å²) in [5, 5.41) is 1.29. The first kappa shape index (κ1) is 18.6. The second-order valence-corrected chi connectivity index (χ2v) is 7.33. The number of aromatic nitrogens is 1. The number of benzene rings is 2. The van der Waals surface area contributed by atoms with Gasteiger partial charge in [0.2, 0.25) is 5.91 Å². The van der Waals surface area contributed by atoms with Gasteiger partial charge in [-0.3, -0.25) is 9.69 Å². The van der Waals surface area contributed by atoms with E-state index in [4.69, 9.17) is 4.74 Å². The number of hydrogen-bond donors (Lipinski definition) is 1. The van der Waals surface area contributed by atoms with Gasteiger partial charge in [0, 0.05) is 56.2 Å². The average Bonchev–Trinajstić information content (AvgIpc) is 3.15. The van der Waals surface area contributed by atoms with Crippen molar-refractivity contribution in [2.24, 2.45) is 0 Å². The smallest absolute Gasteiger partial charge is 0.222 e. The van der Waals surface area contributed by atoms with Gasteiger partial charge < -0.3 is 14.6 Å². The van der Waals surface area contributed by atoms with Crippen LogP contribution in [-0.2, 0) is 17.8 Å². The molecule has 0 spiro atoms. The maximum atomic E-state index is 12.6. The normalized spacial score (nSPS) is 15.1. The minimum atomic E-state index is 0.234. The largest absolute Gasteiger partial charge is 0.496 e. The zero-order valence-electron chi connectivity index (χ0n) is 16.4. The molecule has 3 aromatic rings. The summed E-state index contributed by atoms with van der Waals surface area (Å²) in [5.74, 6) is 1.09. The highest BCUT2D eigenvalue weighted by Crippen LogP contribution is 2.21. The van der Waals surface area contributed by atoms with E-state index in [2.05, 4.69) is 40.3 Å². The SMILES string of the molecule is COc1ccccc1CCC(=O)N1CCN(Cc2c[nH]c3ccccc23)CC1. The van der Waals surface area contributed by atoms with E-state index in [-0.39, 0.29) is 5.91 Å². The van der Waals surface area contributed by atoms with Crippen LogP contribution in [0, 0.1) is 0 Å². The summed E-state index contributed by atoms with van der Waals surface area (Å²) in [6.45, 7) is 4.35. The number of fused-ring (bicyclic) bond motifs is 1. The molecule has 1 aromatic heterocycles. The molecule has 1 N–H and O–H groups in total. The molecule has 0 aliphatic carbocycles. The maximum absolute atomic E-state index is 12.6. The number of rotatable bonds is 6. The molecule has 1 aliphatic rings. The number of aryl methyl sites for hydroxylation is 1. The highest BCUT2D eigenvalue weighted by atomic mass is 16.5.